The summed E-state index contributed by atoms with van der Waals surface area (Å²) in [6.07, 6.45) is 1.75. The molecule has 1 aliphatic carbocycles. The Balaban J connectivity index is 2.35. The lowest BCUT2D eigenvalue weighted by Crippen LogP contribution is -2.45. The van der Waals surface area contributed by atoms with Crippen molar-refractivity contribution in [2.75, 3.05) is 6.61 Å². The summed E-state index contributed by atoms with van der Waals surface area (Å²) in [5.41, 5.74) is -0.280. The molecule has 0 radical (unpaired) electrons. The summed E-state index contributed by atoms with van der Waals surface area (Å²) in [4.78, 5) is 10.4. The van der Waals surface area contributed by atoms with E-state index >= 15 is 0 Å². The Bertz CT molecular complexity index is 165. The number of aliphatic hydroxyl groups excluding tert-OH is 1. The first-order valence-electron chi connectivity index (χ1n) is 3.71. The third kappa shape index (κ3) is 1.91. The molecule has 3 N–H and O–H groups in total. The summed E-state index contributed by atoms with van der Waals surface area (Å²) in [5.74, 6) is -0.871. The summed E-state index contributed by atoms with van der Waals surface area (Å²) in [6.45, 7) is 1.61. The van der Waals surface area contributed by atoms with Crippen LogP contribution < -0.4 is 5.32 Å². The van der Waals surface area contributed by atoms with E-state index in [4.69, 9.17) is 10.2 Å². The average Bonchev–Trinajstić information content (AvgIpc) is 2.69. The van der Waals surface area contributed by atoms with E-state index < -0.39 is 12.0 Å². The van der Waals surface area contributed by atoms with Crippen LogP contribution >= 0.6 is 0 Å². The number of carboxylic acids is 1. The molecule has 1 atom stereocenters. The molecule has 0 aliphatic heterocycles. The second-order valence-electron chi connectivity index (χ2n) is 3.14. The largest absolute Gasteiger partial charge is 0.480 e. The lowest BCUT2D eigenvalue weighted by Gasteiger charge is -2.17. The van der Waals surface area contributed by atoms with Crippen LogP contribution in [0.15, 0.2) is 0 Å². The number of carboxylic acid groups (broad SMARTS) is 1. The van der Waals surface area contributed by atoms with E-state index in [2.05, 4.69) is 5.32 Å². The average molecular weight is 159 g/mol. The number of nitrogens with one attached hydrogen (secondary N) is 1. The lowest BCUT2D eigenvalue weighted by atomic mass is 10.2. The van der Waals surface area contributed by atoms with Crippen molar-refractivity contribution in [3.05, 3.63) is 0 Å². The molecule has 0 aromatic rings. The second-order valence-corrected chi connectivity index (χ2v) is 3.14. The second kappa shape index (κ2) is 2.79. The maximum Gasteiger partial charge on any atom is 0.320 e. The lowest BCUT2D eigenvalue weighted by molar-refractivity contribution is -0.139. The normalized spacial score (nSPS) is 22.7. The zero-order valence-corrected chi connectivity index (χ0v) is 6.50. The van der Waals surface area contributed by atoms with Gasteiger partial charge in [-0.1, -0.05) is 0 Å². The Morgan fingerprint density at radius 3 is 2.55 bits per heavy atom. The number of aliphatic hydroxyl groups is 1. The molecular weight excluding hydrogens is 146 g/mol. The van der Waals surface area contributed by atoms with E-state index in [1.54, 1.807) is 6.92 Å². The number of hydrogen-bond donors (Lipinski definition) is 3. The smallest absolute Gasteiger partial charge is 0.320 e. The Hall–Kier alpha value is -0.610. The van der Waals surface area contributed by atoms with Gasteiger partial charge < -0.3 is 10.2 Å². The minimum absolute atomic E-state index is 0.0324. The molecule has 64 valence electrons. The quantitative estimate of drug-likeness (QED) is 0.521. The maximum atomic E-state index is 10.4. The monoisotopic (exact) mass is 159 g/mol. The fourth-order valence-corrected chi connectivity index (χ4v) is 1.02. The molecule has 11 heavy (non-hydrogen) atoms. The van der Waals surface area contributed by atoms with Crippen LogP contribution in [0.2, 0.25) is 0 Å². The van der Waals surface area contributed by atoms with Crippen LogP contribution in [0.1, 0.15) is 19.8 Å². The highest BCUT2D eigenvalue weighted by molar-refractivity contribution is 5.73. The van der Waals surface area contributed by atoms with Gasteiger partial charge >= 0.3 is 5.97 Å². The van der Waals surface area contributed by atoms with Gasteiger partial charge in [0.25, 0.3) is 0 Å². The molecule has 0 amide bonds. The van der Waals surface area contributed by atoms with Gasteiger partial charge in [0.05, 0.1) is 6.61 Å². The predicted octanol–water partition coefficient (Wildman–Crippen LogP) is -0.426. The first kappa shape index (κ1) is 8.49. The van der Waals surface area contributed by atoms with Gasteiger partial charge in [-0.25, -0.2) is 0 Å². The van der Waals surface area contributed by atoms with Crippen molar-refractivity contribution in [2.45, 2.75) is 31.3 Å². The van der Waals surface area contributed by atoms with Crippen LogP contribution in [-0.4, -0.2) is 34.4 Å². The SMILES string of the molecule is CC(NC1(CO)CC1)C(=O)O. The van der Waals surface area contributed by atoms with Crippen LogP contribution in [0.3, 0.4) is 0 Å². The third-order valence-electron chi connectivity index (χ3n) is 2.05. The van der Waals surface area contributed by atoms with Crippen LogP contribution in [0.5, 0.6) is 0 Å². The van der Waals surface area contributed by atoms with Crippen molar-refractivity contribution in [1.82, 2.24) is 5.32 Å². The molecule has 0 bridgehead atoms. The van der Waals surface area contributed by atoms with Gasteiger partial charge in [-0.2, -0.15) is 0 Å². The van der Waals surface area contributed by atoms with E-state index in [0.29, 0.717) is 0 Å². The first-order valence-corrected chi connectivity index (χ1v) is 3.71. The zero-order valence-electron chi connectivity index (χ0n) is 6.50. The van der Waals surface area contributed by atoms with Crippen molar-refractivity contribution in [1.29, 1.82) is 0 Å². The van der Waals surface area contributed by atoms with Gasteiger partial charge in [0.2, 0.25) is 0 Å². The molecule has 1 fully saturated rings. The fraction of sp³-hybridized carbons (Fsp3) is 0.857. The van der Waals surface area contributed by atoms with E-state index in [-0.39, 0.29) is 12.1 Å². The van der Waals surface area contributed by atoms with E-state index in [1.165, 1.54) is 0 Å². The number of aliphatic carboxylic acids is 1. The minimum atomic E-state index is -0.871. The first-order chi connectivity index (χ1) is 5.09. The number of rotatable bonds is 4. The van der Waals surface area contributed by atoms with E-state index in [9.17, 15) is 4.79 Å². The molecule has 1 saturated carbocycles. The highest BCUT2D eigenvalue weighted by Crippen LogP contribution is 2.34. The Labute approximate surface area is 65.2 Å². The Morgan fingerprint density at radius 2 is 2.27 bits per heavy atom. The summed E-state index contributed by atoms with van der Waals surface area (Å²) in [7, 11) is 0. The molecule has 1 unspecified atom stereocenters. The summed E-state index contributed by atoms with van der Waals surface area (Å²) in [5, 5.41) is 20.2. The standard InChI is InChI=1S/C7H13NO3/c1-5(6(10)11)8-7(4-9)2-3-7/h5,8-9H,2-4H2,1H3,(H,10,11). The molecule has 4 nitrogen and oxygen atoms in total. The van der Waals surface area contributed by atoms with Gasteiger partial charge in [0, 0.05) is 5.54 Å². The molecule has 4 heteroatoms. The van der Waals surface area contributed by atoms with Gasteiger partial charge in [-0.3, -0.25) is 10.1 Å². The fourth-order valence-electron chi connectivity index (χ4n) is 1.02. The van der Waals surface area contributed by atoms with Crippen LogP contribution in [0.25, 0.3) is 0 Å². The van der Waals surface area contributed by atoms with Gasteiger partial charge in [-0.05, 0) is 19.8 Å². The van der Waals surface area contributed by atoms with Gasteiger partial charge in [-0.15, -0.1) is 0 Å². The van der Waals surface area contributed by atoms with Crippen molar-refractivity contribution in [3.63, 3.8) is 0 Å². The topological polar surface area (TPSA) is 69.6 Å². The summed E-state index contributed by atoms with van der Waals surface area (Å²) >= 11 is 0. The third-order valence-corrected chi connectivity index (χ3v) is 2.05. The highest BCUT2D eigenvalue weighted by atomic mass is 16.4. The molecule has 0 aromatic carbocycles. The Kier molecular flexibility index (Phi) is 2.15. The summed E-state index contributed by atoms with van der Waals surface area (Å²) in [6, 6.07) is -0.565. The summed E-state index contributed by atoms with van der Waals surface area (Å²) < 4.78 is 0. The molecule has 0 aromatic heterocycles. The maximum absolute atomic E-state index is 10.4. The number of hydrogen-bond acceptors (Lipinski definition) is 3. The molecule has 1 aliphatic rings. The Morgan fingerprint density at radius 1 is 1.73 bits per heavy atom. The van der Waals surface area contributed by atoms with Crippen molar-refractivity contribution >= 4 is 5.97 Å². The van der Waals surface area contributed by atoms with Crippen LogP contribution in [0, 0.1) is 0 Å². The van der Waals surface area contributed by atoms with Crippen LogP contribution in [-0.2, 0) is 4.79 Å². The van der Waals surface area contributed by atoms with Crippen LogP contribution in [0.4, 0.5) is 0 Å². The van der Waals surface area contributed by atoms with Crippen molar-refractivity contribution in [3.8, 4) is 0 Å². The van der Waals surface area contributed by atoms with E-state index in [0.717, 1.165) is 12.8 Å². The predicted molar refractivity (Wildman–Crippen MR) is 39.3 cm³/mol. The molecule has 1 rings (SSSR count). The van der Waals surface area contributed by atoms with Crippen molar-refractivity contribution < 1.29 is 15.0 Å². The van der Waals surface area contributed by atoms with Gasteiger partial charge in [0.15, 0.2) is 0 Å². The molecule has 0 spiro atoms. The molecule has 0 heterocycles. The van der Waals surface area contributed by atoms with Crippen molar-refractivity contribution in [2.24, 2.45) is 0 Å². The zero-order chi connectivity index (χ0) is 8.48. The van der Waals surface area contributed by atoms with Gasteiger partial charge in [0.1, 0.15) is 6.04 Å². The molecular formula is C7H13NO3. The number of carbonyl (C=O) groups is 1. The van der Waals surface area contributed by atoms with E-state index in [1.807, 2.05) is 0 Å². The highest BCUT2D eigenvalue weighted by Gasteiger charge is 2.43. The molecule has 0 saturated heterocycles. The minimum Gasteiger partial charge on any atom is -0.480 e.